The molecule has 0 spiro atoms. The molecule has 0 bridgehead atoms. The molecule has 4 nitrogen and oxygen atoms in total. The second-order valence-electron chi connectivity index (χ2n) is 3.32. The Labute approximate surface area is 85.0 Å². The van der Waals surface area contributed by atoms with E-state index in [0.717, 1.165) is 4.47 Å². The molecule has 1 aromatic heterocycles. The van der Waals surface area contributed by atoms with Gasteiger partial charge in [0, 0.05) is 18.7 Å². The molecule has 2 heterocycles. The van der Waals surface area contributed by atoms with Crippen LogP contribution in [0.4, 0.5) is 0 Å². The minimum absolute atomic E-state index is 0.247. The molecule has 0 aliphatic carbocycles. The minimum Gasteiger partial charge on any atom is -0.271 e. The standard InChI is InChI=1S/C7H9BrN2O2S/c8-7-1-9-10(3-7)2-6-4-13(11,12)5-6/h1,3,6H,2,4-5H2. The van der Waals surface area contributed by atoms with Crippen molar-refractivity contribution in [2.45, 2.75) is 6.54 Å². The third kappa shape index (κ3) is 2.11. The molecule has 0 N–H and O–H groups in total. The van der Waals surface area contributed by atoms with E-state index in [-0.39, 0.29) is 5.92 Å². The third-order valence-electron chi connectivity index (χ3n) is 2.03. The van der Waals surface area contributed by atoms with Crippen LogP contribution in [0.5, 0.6) is 0 Å². The lowest BCUT2D eigenvalue weighted by Gasteiger charge is -2.25. The average Bonchev–Trinajstić information content (AvgIpc) is 2.31. The van der Waals surface area contributed by atoms with Gasteiger partial charge < -0.3 is 0 Å². The van der Waals surface area contributed by atoms with Gasteiger partial charge in [-0.05, 0) is 15.9 Å². The largest absolute Gasteiger partial charge is 0.271 e. The first kappa shape index (κ1) is 9.21. The van der Waals surface area contributed by atoms with Crippen molar-refractivity contribution in [2.75, 3.05) is 11.5 Å². The fraction of sp³-hybridized carbons (Fsp3) is 0.571. The molecular weight excluding hydrogens is 256 g/mol. The van der Waals surface area contributed by atoms with E-state index in [4.69, 9.17) is 0 Å². The topological polar surface area (TPSA) is 52.0 Å². The molecule has 0 aromatic carbocycles. The lowest BCUT2D eigenvalue weighted by atomic mass is 10.2. The average molecular weight is 265 g/mol. The van der Waals surface area contributed by atoms with Crippen LogP contribution in [0.25, 0.3) is 0 Å². The van der Waals surface area contributed by atoms with Crippen molar-refractivity contribution in [3.05, 3.63) is 16.9 Å². The first-order chi connectivity index (χ1) is 6.05. The van der Waals surface area contributed by atoms with Gasteiger partial charge in [-0.1, -0.05) is 0 Å². The number of hydrogen-bond donors (Lipinski definition) is 0. The summed E-state index contributed by atoms with van der Waals surface area (Å²) in [6.07, 6.45) is 3.55. The van der Waals surface area contributed by atoms with Gasteiger partial charge in [0.1, 0.15) is 0 Å². The zero-order chi connectivity index (χ0) is 9.47. The van der Waals surface area contributed by atoms with Crippen molar-refractivity contribution in [1.82, 2.24) is 9.78 Å². The van der Waals surface area contributed by atoms with Crippen LogP contribution in [-0.2, 0) is 16.4 Å². The summed E-state index contributed by atoms with van der Waals surface area (Å²) < 4.78 is 24.4. The zero-order valence-electron chi connectivity index (χ0n) is 6.85. The van der Waals surface area contributed by atoms with Gasteiger partial charge in [0.25, 0.3) is 0 Å². The van der Waals surface area contributed by atoms with Gasteiger partial charge in [-0.25, -0.2) is 8.42 Å². The van der Waals surface area contributed by atoms with Crippen LogP contribution < -0.4 is 0 Å². The highest BCUT2D eigenvalue weighted by molar-refractivity contribution is 9.10. The highest BCUT2D eigenvalue weighted by Crippen LogP contribution is 2.20. The lowest BCUT2D eigenvalue weighted by Crippen LogP contribution is -2.38. The third-order valence-corrected chi connectivity index (χ3v) is 4.39. The fourth-order valence-electron chi connectivity index (χ4n) is 1.48. The van der Waals surface area contributed by atoms with E-state index in [1.54, 1.807) is 10.9 Å². The van der Waals surface area contributed by atoms with Crippen LogP contribution in [0, 0.1) is 5.92 Å². The molecule has 1 aromatic rings. The number of aromatic nitrogens is 2. The first-order valence-electron chi connectivity index (χ1n) is 3.93. The summed E-state index contributed by atoms with van der Waals surface area (Å²) in [6, 6.07) is 0. The Balaban J connectivity index is 1.94. The van der Waals surface area contributed by atoms with Gasteiger partial charge in [0.05, 0.1) is 22.2 Å². The fourth-order valence-corrected chi connectivity index (χ4v) is 3.36. The summed E-state index contributed by atoms with van der Waals surface area (Å²) >= 11 is 3.28. The van der Waals surface area contributed by atoms with Crippen LogP contribution in [-0.4, -0.2) is 29.7 Å². The molecule has 0 atom stereocenters. The normalized spacial score (nSPS) is 21.3. The molecule has 13 heavy (non-hydrogen) atoms. The maximum Gasteiger partial charge on any atom is 0.151 e. The number of nitrogens with zero attached hydrogens (tertiary/aromatic N) is 2. The van der Waals surface area contributed by atoms with E-state index in [9.17, 15) is 8.42 Å². The van der Waals surface area contributed by atoms with Crippen LogP contribution in [0.1, 0.15) is 0 Å². The van der Waals surface area contributed by atoms with Crippen molar-refractivity contribution in [3.8, 4) is 0 Å². The lowest BCUT2D eigenvalue weighted by molar-refractivity contribution is 0.443. The maximum atomic E-state index is 10.9. The number of rotatable bonds is 2. The van der Waals surface area contributed by atoms with E-state index in [1.165, 1.54) is 0 Å². The Kier molecular flexibility index (Phi) is 2.19. The van der Waals surface area contributed by atoms with Crippen molar-refractivity contribution in [3.63, 3.8) is 0 Å². The Morgan fingerprint density at radius 3 is 2.77 bits per heavy atom. The van der Waals surface area contributed by atoms with Crippen molar-refractivity contribution in [2.24, 2.45) is 5.92 Å². The van der Waals surface area contributed by atoms with Gasteiger partial charge in [-0.2, -0.15) is 5.10 Å². The SMILES string of the molecule is O=S1(=O)CC(Cn2cc(Br)cn2)C1. The van der Waals surface area contributed by atoms with Crippen molar-refractivity contribution in [1.29, 1.82) is 0 Å². The van der Waals surface area contributed by atoms with Gasteiger partial charge in [0.15, 0.2) is 9.84 Å². The molecule has 0 saturated carbocycles. The van der Waals surface area contributed by atoms with Crippen LogP contribution in [0.2, 0.25) is 0 Å². The second-order valence-corrected chi connectivity index (χ2v) is 6.39. The molecule has 1 aliphatic heterocycles. The van der Waals surface area contributed by atoms with Gasteiger partial charge in [-0.15, -0.1) is 0 Å². The monoisotopic (exact) mass is 264 g/mol. The van der Waals surface area contributed by atoms with E-state index in [1.807, 2.05) is 6.20 Å². The Hall–Kier alpha value is -0.360. The Bertz CT molecular complexity index is 400. The molecule has 1 aliphatic rings. The zero-order valence-corrected chi connectivity index (χ0v) is 9.25. The van der Waals surface area contributed by atoms with E-state index >= 15 is 0 Å². The molecule has 1 saturated heterocycles. The Morgan fingerprint density at radius 2 is 2.31 bits per heavy atom. The molecule has 2 rings (SSSR count). The second kappa shape index (κ2) is 3.09. The summed E-state index contributed by atoms with van der Waals surface area (Å²) in [5.41, 5.74) is 0. The first-order valence-corrected chi connectivity index (χ1v) is 6.55. The summed E-state index contributed by atoms with van der Waals surface area (Å²) in [6.45, 7) is 0.699. The molecule has 1 fully saturated rings. The number of halogens is 1. The molecule has 6 heteroatoms. The van der Waals surface area contributed by atoms with E-state index in [2.05, 4.69) is 21.0 Å². The van der Waals surface area contributed by atoms with Crippen LogP contribution in [0.15, 0.2) is 16.9 Å². The van der Waals surface area contributed by atoms with E-state index in [0.29, 0.717) is 18.1 Å². The van der Waals surface area contributed by atoms with Gasteiger partial charge >= 0.3 is 0 Å². The number of hydrogen-bond acceptors (Lipinski definition) is 3. The van der Waals surface area contributed by atoms with Crippen LogP contribution in [0.3, 0.4) is 0 Å². The number of sulfone groups is 1. The van der Waals surface area contributed by atoms with Crippen molar-refractivity contribution >= 4 is 25.8 Å². The summed E-state index contributed by atoms with van der Waals surface area (Å²) in [5.74, 6) is 0.867. The Morgan fingerprint density at radius 1 is 1.62 bits per heavy atom. The highest BCUT2D eigenvalue weighted by Gasteiger charge is 2.33. The highest BCUT2D eigenvalue weighted by atomic mass is 79.9. The van der Waals surface area contributed by atoms with Gasteiger partial charge in [-0.3, -0.25) is 4.68 Å². The molecule has 72 valence electrons. The quantitative estimate of drug-likeness (QED) is 0.790. The summed E-state index contributed by atoms with van der Waals surface area (Å²) in [4.78, 5) is 0. The summed E-state index contributed by atoms with van der Waals surface area (Å²) in [7, 11) is -2.70. The van der Waals surface area contributed by atoms with E-state index < -0.39 is 9.84 Å². The molecular formula is C7H9BrN2O2S. The summed E-state index contributed by atoms with van der Waals surface area (Å²) in [5, 5.41) is 4.06. The predicted octanol–water partition coefficient (Wildman–Crippen LogP) is 0.690. The predicted molar refractivity (Wildman–Crippen MR) is 52.1 cm³/mol. The van der Waals surface area contributed by atoms with Crippen molar-refractivity contribution < 1.29 is 8.42 Å². The molecule has 0 unspecified atom stereocenters. The van der Waals surface area contributed by atoms with Gasteiger partial charge in [0.2, 0.25) is 0 Å². The smallest absolute Gasteiger partial charge is 0.151 e. The molecule has 0 amide bonds. The van der Waals surface area contributed by atoms with Crippen LogP contribution >= 0.6 is 15.9 Å². The maximum absolute atomic E-state index is 10.9. The minimum atomic E-state index is -2.70. The molecule has 0 radical (unpaired) electrons.